The van der Waals surface area contributed by atoms with Gasteiger partial charge in [-0.3, -0.25) is 14.5 Å². The van der Waals surface area contributed by atoms with E-state index in [1.807, 2.05) is 102 Å². The molecular formula is C53H83N5O7. The smallest absolute Gasteiger partial charge is 0.407 e. The largest absolute Gasteiger partial charge is 0.462 e. The Morgan fingerprint density at radius 3 is 1.60 bits per heavy atom. The molecular weight excluding hydrogens is 819 g/mol. The highest BCUT2D eigenvalue weighted by Gasteiger charge is 2.48. The number of hydroxylamine groups is 4. The molecule has 4 rings (SSSR count). The summed E-state index contributed by atoms with van der Waals surface area (Å²) in [6, 6.07) is 24.5. The molecule has 2 atom stereocenters. The lowest BCUT2D eigenvalue weighted by Crippen LogP contribution is -2.64. The van der Waals surface area contributed by atoms with Crippen molar-refractivity contribution in [2.24, 2.45) is 10.8 Å². The minimum atomic E-state index is -0.583. The van der Waals surface area contributed by atoms with Crippen molar-refractivity contribution >= 4 is 12.1 Å². The second kappa shape index (κ2) is 23.1. The number of rotatable bonds is 18. The Morgan fingerprint density at radius 1 is 0.692 bits per heavy atom. The van der Waals surface area contributed by atoms with Gasteiger partial charge in [0.2, 0.25) is 0 Å². The number of ether oxygens (including phenoxy) is 3. The molecule has 0 saturated carbocycles. The fraction of sp³-hybridized carbons (Fsp3) is 0.698. The fourth-order valence-electron chi connectivity index (χ4n) is 8.92. The van der Waals surface area contributed by atoms with Crippen LogP contribution in [0.15, 0.2) is 60.7 Å². The van der Waals surface area contributed by atoms with Crippen molar-refractivity contribution in [1.82, 2.24) is 15.4 Å². The van der Waals surface area contributed by atoms with E-state index in [0.717, 1.165) is 36.8 Å². The number of nitriles is 2. The van der Waals surface area contributed by atoms with Crippen molar-refractivity contribution in [1.29, 1.82) is 10.5 Å². The van der Waals surface area contributed by atoms with Crippen LogP contribution in [0.25, 0.3) is 0 Å². The molecule has 12 heteroatoms. The van der Waals surface area contributed by atoms with E-state index in [9.17, 15) is 14.9 Å². The average molecular weight is 902 g/mol. The van der Waals surface area contributed by atoms with E-state index in [1.165, 1.54) is 6.42 Å². The van der Waals surface area contributed by atoms with E-state index in [0.29, 0.717) is 32.5 Å². The van der Waals surface area contributed by atoms with Gasteiger partial charge in [0.1, 0.15) is 24.4 Å². The van der Waals surface area contributed by atoms with Gasteiger partial charge in [-0.25, -0.2) is 4.79 Å². The molecule has 12 nitrogen and oxygen atoms in total. The summed E-state index contributed by atoms with van der Waals surface area (Å²) in [5.74, 6) is -0.355. The van der Waals surface area contributed by atoms with Crippen LogP contribution < -0.4 is 5.32 Å². The Bertz CT molecular complexity index is 1840. The number of carbonyl (C=O) groups excluding carboxylic acids is 2. The molecule has 0 bridgehead atoms. The molecule has 362 valence electrons. The molecule has 0 spiro atoms. The summed E-state index contributed by atoms with van der Waals surface area (Å²) in [5.41, 5.74) is -0.295. The van der Waals surface area contributed by atoms with Crippen molar-refractivity contribution in [2.45, 2.75) is 208 Å². The average Bonchev–Trinajstić information content (AvgIpc) is 3.19. The molecule has 2 aliphatic rings. The van der Waals surface area contributed by atoms with Crippen molar-refractivity contribution < 1.29 is 33.5 Å². The third-order valence-electron chi connectivity index (χ3n) is 12.1. The second-order valence-electron chi connectivity index (χ2n) is 22.8. The molecule has 1 N–H and O–H groups in total. The van der Waals surface area contributed by atoms with Crippen LogP contribution >= 0.6 is 0 Å². The maximum absolute atomic E-state index is 12.5. The molecule has 1 amide bonds. The molecule has 2 aliphatic heterocycles. The van der Waals surface area contributed by atoms with Gasteiger partial charge in [0, 0.05) is 41.2 Å². The van der Waals surface area contributed by atoms with E-state index in [-0.39, 0.29) is 47.6 Å². The molecule has 65 heavy (non-hydrogen) atoms. The highest BCUT2D eigenvalue weighted by atomic mass is 16.7. The van der Waals surface area contributed by atoms with Crippen LogP contribution in [0.5, 0.6) is 0 Å². The number of benzene rings is 2. The van der Waals surface area contributed by atoms with Crippen LogP contribution in [0, 0.1) is 33.5 Å². The highest BCUT2D eigenvalue weighted by Crippen LogP contribution is 2.42. The lowest BCUT2D eigenvalue weighted by molar-refractivity contribution is -0.314. The standard InChI is InChI=1S/C29H45N3O5.C24H38N2O2/c1-26(2,3)36-25(34)31-22-17-28(6,7)32(29(8,9)18-22)37-23(21-13-11-10-12-14-21)19-35-24(33)15-16-27(4,5)20-30;1-22(2,19-25)14-11-17-27-18-21(20-12-8-7-9-13-20)28-26-23(3,4)15-10-16-24(26,5)6/h10-14,22-23H,15-19H2,1-9H3,(H,31,34);7-9,12-13,21H,10-11,14-18H2,1-6H3. The Hall–Kier alpha value is -4.04. The molecule has 0 radical (unpaired) electrons. The van der Waals surface area contributed by atoms with Gasteiger partial charge in [-0.15, -0.1) is 0 Å². The minimum Gasteiger partial charge on any atom is -0.462 e. The summed E-state index contributed by atoms with van der Waals surface area (Å²) in [6.45, 7) is 31.7. The SMILES string of the molecule is CC(C)(C#N)CCC(=O)OCC(ON1C(C)(C)CC(NC(=O)OC(C)(C)C)CC1(C)C)c1ccccc1.CC(C)(C#N)CCCOCC(ON1C(C)(C)CCCC1(C)C)c1ccccc1. The fourth-order valence-corrected chi connectivity index (χ4v) is 8.92. The number of piperidine rings is 2. The summed E-state index contributed by atoms with van der Waals surface area (Å²) in [5, 5.41) is 25.6. The number of esters is 1. The number of amides is 1. The van der Waals surface area contributed by atoms with Crippen LogP contribution in [0.1, 0.15) is 185 Å². The summed E-state index contributed by atoms with van der Waals surface area (Å²) in [6.07, 6.45) is 6.02. The zero-order valence-corrected chi connectivity index (χ0v) is 42.6. The van der Waals surface area contributed by atoms with Gasteiger partial charge in [0.15, 0.2) is 0 Å². The third-order valence-corrected chi connectivity index (χ3v) is 12.1. The zero-order valence-electron chi connectivity index (χ0n) is 42.6. The van der Waals surface area contributed by atoms with Crippen molar-refractivity contribution in [3.05, 3.63) is 71.8 Å². The molecule has 2 heterocycles. The maximum atomic E-state index is 12.5. The zero-order chi connectivity index (χ0) is 48.9. The van der Waals surface area contributed by atoms with Crippen LogP contribution in [0.3, 0.4) is 0 Å². The molecule has 2 fully saturated rings. The maximum Gasteiger partial charge on any atom is 0.407 e. The van der Waals surface area contributed by atoms with Gasteiger partial charge in [-0.05, 0) is 166 Å². The third kappa shape index (κ3) is 18.3. The predicted molar refractivity (Wildman–Crippen MR) is 256 cm³/mol. The van der Waals surface area contributed by atoms with Crippen LogP contribution in [0.4, 0.5) is 4.79 Å². The number of nitrogens with one attached hydrogen (secondary N) is 1. The normalized spacial score (nSPS) is 19.6. The van der Waals surface area contributed by atoms with Gasteiger partial charge >= 0.3 is 12.1 Å². The van der Waals surface area contributed by atoms with Gasteiger partial charge in [-0.2, -0.15) is 20.7 Å². The summed E-state index contributed by atoms with van der Waals surface area (Å²) in [4.78, 5) is 38.2. The molecule has 2 aromatic carbocycles. The molecule has 0 aromatic heterocycles. The van der Waals surface area contributed by atoms with E-state index in [1.54, 1.807) is 0 Å². The van der Waals surface area contributed by atoms with Crippen molar-refractivity contribution in [2.75, 3.05) is 19.8 Å². The predicted octanol–water partition coefficient (Wildman–Crippen LogP) is 12.1. The number of alkyl carbamates (subject to hydrolysis) is 1. The van der Waals surface area contributed by atoms with Gasteiger partial charge < -0.3 is 19.5 Å². The first-order chi connectivity index (χ1) is 30.0. The molecule has 2 aromatic rings. The Balaban J connectivity index is 0.000000359. The number of hydrogen-bond donors (Lipinski definition) is 1. The summed E-state index contributed by atoms with van der Waals surface area (Å²) >= 11 is 0. The topological polar surface area (TPSA) is 146 Å². The minimum absolute atomic E-state index is 0.00833. The Morgan fingerprint density at radius 2 is 1.14 bits per heavy atom. The van der Waals surface area contributed by atoms with E-state index < -0.39 is 34.3 Å². The first-order valence-corrected chi connectivity index (χ1v) is 23.6. The first kappa shape index (κ1) is 55.3. The Kier molecular flexibility index (Phi) is 19.7. The lowest BCUT2D eigenvalue weighted by atomic mass is 9.79. The summed E-state index contributed by atoms with van der Waals surface area (Å²) in [7, 11) is 0. The molecule has 0 aliphatic carbocycles. The van der Waals surface area contributed by atoms with E-state index in [2.05, 4.69) is 90.0 Å². The summed E-state index contributed by atoms with van der Waals surface area (Å²) < 4.78 is 17.1. The van der Waals surface area contributed by atoms with Crippen molar-refractivity contribution in [3.63, 3.8) is 0 Å². The number of carbonyl (C=O) groups is 2. The molecule has 2 unspecified atom stereocenters. The van der Waals surface area contributed by atoms with Crippen LogP contribution in [-0.2, 0) is 28.7 Å². The van der Waals surface area contributed by atoms with Crippen LogP contribution in [0.2, 0.25) is 0 Å². The van der Waals surface area contributed by atoms with Gasteiger partial charge in [0.05, 0.1) is 29.6 Å². The van der Waals surface area contributed by atoms with Crippen LogP contribution in [-0.4, -0.2) is 75.8 Å². The molecule has 2 saturated heterocycles. The number of nitrogens with zero attached hydrogens (tertiary/aromatic N) is 4. The first-order valence-electron chi connectivity index (χ1n) is 23.6. The quantitative estimate of drug-likeness (QED) is 0.113. The number of hydrogen-bond acceptors (Lipinski definition) is 11. The second-order valence-corrected chi connectivity index (χ2v) is 22.8. The van der Waals surface area contributed by atoms with E-state index >= 15 is 0 Å². The highest BCUT2D eigenvalue weighted by molar-refractivity contribution is 5.69. The monoisotopic (exact) mass is 902 g/mol. The van der Waals surface area contributed by atoms with Crippen molar-refractivity contribution in [3.8, 4) is 12.1 Å². The lowest BCUT2D eigenvalue weighted by Gasteiger charge is -2.54. The Labute approximate surface area is 392 Å². The van der Waals surface area contributed by atoms with E-state index in [4.69, 9.17) is 29.1 Å². The van der Waals surface area contributed by atoms with Gasteiger partial charge in [0.25, 0.3) is 0 Å². The van der Waals surface area contributed by atoms with Gasteiger partial charge in [-0.1, -0.05) is 60.7 Å².